The fourth-order valence-corrected chi connectivity index (χ4v) is 3.90. The van der Waals surface area contributed by atoms with Crippen LogP contribution in [0, 0.1) is 0 Å². The molecule has 2 aliphatic rings. The van der Waals surface area contributed by atoms with E-state index in [0.29, 0.717) is 31.8 Å². The molecule has 2 fully saturated rings. The van der Waals surface area contributed by atoms with Crippen LogP contribution < -0.4 is 19.9 Å². The molecule has 0 spiro atoms. The van der Waals surface area contributed by atoms with Crippen LogP contribution in [0.2, 0.25) is 0 Å². The Morgan fingerprint density at radius 1 is 1.00 bits per heavy atom. The van der Waals surface area contributed by atoms with Crippen molar-refractivity contribution in [3.63, 3.8) is 0 Å². The Kier molecular flexibility index (Phi) is 5.55. The highest BCUT2D eigenvalue weighted by Crippen LogP contribution is 2.25. The molecule has 1 atom stereocenters. The SMILES string of the molecule is COc1cccc(N2C[C@@H](NC(=O)N3CCN(c4ccccc4)CC3)CC2=O)c1. The van der Waals surface area contributed by atoms with Gasteiger partial charge in [0.1, 0.15) is 5.75 Å². The average Bonchev–Trinajstić information content (AvgIpc) is 3.14. The van der Waals surface area contributed by atoms with E-state index in [1.54, 1.807) is 12.0 Å². The van der Waals surface area contributed by atoms with Crippen molar-refractivity contribution in [3.05, 3.63) is 54.6 Å². The van der Waals surface area contributed by atoms with Gasteiger partial charge in [-0.3, -0.25) is 4.79 Å². The molecule has 2 saturated heterocycles. The van der Waals surface area contributed by atoms with Gasteiger partial charge in [-0.15, -0.1) is 0 Å². The summed E-state index contributed by atoms with van der Waals surface area (Å²) < 4.78 is 5.24. The number of carbonyl (C=O) groups is 2. The number of hydrogen-bond donors (Lipinski definition) is 1. The molecule has 7 nitrogen and oxygen atoms in total. The van der Waals surface area contributed by atoms with E-state index in [1.807, 2.05) is 47.4 Å². The molecule has 3 amide bonds. The number of carbonyl (C=O) groups excluding carboxylic acids is 2. The smallest absolute Gasteiger partial charge is 0.317 e. The lowest BCUT2D eigenvalue weighted by Crippen LogP contribution is -2.53. The molecule has 4 rings (SSSR count). The zero-order chi connectivity index (χ0) is 20.2. The maximum absolute atomic E-state index is 12.7. The normalized spacial score (nSPS) is 19.4. The third kappa shape index (κ3) is 4.29. The summed E-state index contributed by atoms with van der Waals surface area (Å²) in [5.41, 5.74) is 1.98. The molecule has 2 heterocycles. The molecule has 29 heavy (non-hydrogen) atoms. The van der Waals surface area contributed by atoms with Gasteiger partial charge in [0.2, 0.25) is 5.91 Å². The Labute approximate surface area is 170 Å². The number of methoxy groups -OCH3 is 1. The van der Waals surface area contributed by atoms with Gasteiger partial charge in [-0.1, -0.05) is 24.3 Å². The molecule has 0 saturated carbocycles. The minimum Gasteiger partial charge on any atom is -0.497 e. The van der Waals surface area contributed by atoms with Gasteiger partial charge in [-0.05, 0) is 24.3 Å². The molecule has 0 radical (unpaired) electrons. The first-order chi connectivity index (χ1) is 14.1. The zero-order valence-electron chi connectivity index (χ0n) is 16.6. The van der Waals surface area contributed by atoms with Crippen LogP contribution in [0.1, 0.15) is 6.42 Å². The quantitative estimate of drug-likeness (QED) is 0.865. The number of amides is 3. The fraction of sp³-hybridized carbons (Fsp3) is 0.364. The van der Waals surface area contributed by atoms with Gasteiger partial charge in [-0.2, -0.15) is 0 Å². The lowest BCUT2D eigenvalue weighted by Gasteiger charge is -2.36. The van der Waals surface area contributed by atoms with Crippen LogP contribution in [0.5, 0.6) is 5.75 Å². The second kappa shape index (κ2) is 8.43. The van der Waals surface area contributed by atoms with E-state index in [1.165, 1.54) is 5.69 Å². The predicted molar refractivity (Wildman–Crippen MR) is 113 cm³/mol. The maximum Gasteiger partial charge on any atom is 0.317 e. The highest BCUT2D eigenvalue weighted by molar-refractivity contribution is 5.97. The number of para-hydroxylation sites is 1. The highest BCUT2D eigenvalue weighted by atomic mass is 16.5. The molecule has 0 unspecified atom stereocenters. The van der Waals surface area contributed by atoms with Gasteiger partial charge in [0, 0.05) is 56.6 Å². The average molecular weight is 394 g/mol. The van der Waals surface area contributed by atoms with Crippen LogP contribution in [0.25, 0.3) is 0 Å². The van der Waals surface area contributed by atoms with Crippen LogP contribution in [0.3, 0.4) is 0 Å². The first-order valence-electron chi connectivity index (χ1n) is 9.94. The fourth-order valence-electron chi connectivity index (χ4n) is 3.90. The monoisotopic (exact) mass is 394 g/mol. The summed E-state index contributed by atoms with van der Waals surface area (Å²) in [5, 5.41) is 3.04. The number of anilines is 2. The van der Waals surface area contributed by atoms with Crippen molar-refractivity contribution in [1.29, 1.82) is 0 Å². The summed E-state index contributed by atoms with van der Waals surface area (Å²) >= 11 is 0. The second-order valence-corrected chi connectivity index (χ2v) is 7.37. The van der Waals surface area contributed by atoms with Crippen LogP contribution in [0.15, 0.2) is 54.6 Å². The summed E-state index contributed by atoms with van der Waals surface area (Å²) in [7, 11) is 1.60. The molecule has 1 N–H and O–H groups in total. The predicted octanol–water partition coefficient (Wildman–Crippen LogP) is 2.33. The summed E-state index contributed by atoms with van der Waals surface area (Å²) in [6.45, 7) is 3.41. The van der Waals surface area contributed by atoms with Gasteiger partial charge >= 0.3 is 6.03 Å². The lowest BCUT2D eigenvalue weighted by atomic mass is 10.2. The van der Waals surface area contributed by atoms with Gasteiger partial charge in [0.15, 0.2) is 0 Å². The van der Waals surface area contributed by atoms with E-state index in [2.05, 4.69) is 22.3 Å². The van der Waals surface area contributed by atoms with E-state index in [0.717, 1.165) is 18.8 Å². The first kappa shape index (κ1) is 19.1. The van der Waals surface area contributed by atoms with Crippen LogP contribution in [-0.4, -0.2) is 62.7 Å². The number of hydrogen-bond acceptors (Lipinski definition) is 4. The van der Waals surface area contributed by atoms with Crippen LogP contribution >= 0.6 is 0 Å². The van der Waals surface area contributed by atoms with E-state index in [9.17, 15) is 9.59 Å². The van der Waals surface area contributed by atoms with Crippen molar-refractivity contribution in [1.82, 2.24) is 10.2 Å². The van der Waals surface area contributed by atoms with Crippen LogP contribution in [-0.2, 0) is 4.79 Å². The standard InChI is InChI=1S/C22H26N4O3/c1-29-20-9-5-8-19(15-20)26-16-17(14-21(26)27)23-22(28)25-12-10-24(11-13-25)18-6-3-2-4-7-18/h2-9,15,17H,10-14,16H2,1H3,(H,23,28)/t17-/m0/s1. The highest BCUT2D eigenvalue weighted by Gasteiger charge is 2.33. The van der Waals surface area contributed by atoms with Crippen molar-refractivity contribution in [2.24, 2.45) is 0 Å². The molecule has 152 valence electrons. The number of ether oxygens (including phenoxy) is 1. The Hall–Kier alpha value is -3.22. The number of urea groups is 1. The van der Waals surface area contributed by atoms with Gasteiger partial charge in [-0.25, -0.2) is 4.79 Å². The largest absolute Gasteiger partial charge is 0.497 e. The number of nitrogens with zero attached hydrogens (tertiary/aromatic N) is 3. The van der Waals surface area contributed by atoms with Crippen LogP contribution in [0.4, 0.5) is 16.2 Å². The number of rotatable bonds is 4. The Morgan fingerprint density at radius 3 is 2.45 bits per heavy atom. The van der Waals surface area contributed by atoms with Gasteiger partial charge < -0.3 is 24.8 Å². The summed E-state index contributed by atoms with van der Waals surface area (Å²) in [5.74, 6) is 0.719. The van der Waals surface area contributed by atoms with Gasteiger partial charge in [0.05, 0.1) is 13.2 Å². The third-order valence-corrected chi connectivity index (χ3v) is 5.51. The molecule has 0 bridgehead atoms. The molecule has 0 aromatic heterocycles. The second-order valence-electron chi connectivity index (χ2n) is 7.37. The molecular formula is C22H26N4O3. The minimum atomic E-state index is -0.187. The first-order valence-corrected chi connectivity index (χ1v) is 9.94. The maximum atomic E-state index is 12.7. The Bertz CT molecular complexity index is 865. The molecular weight excluding hydrogens is 368 g/mol. The van der Waals surface area contributed by atoms with E-state index < -0.39 is 0 Å². The molecule has 2 aromatic carbocycles. The molecule has 0 aliphatic carbocycles. The van der Waals surface area contributed by atoms with Crippen molar-refractivity contribution < 1.29 is 14.3 Å². The van der Waals surface area contributed by atoms with Crippen molar-refractivity contribution in [3.8, 4) is 5.75 Å². The third-order valence-electron chi connectivity index (χ3n) is 5.51. The van der Waals surface area contributed by atoms with Gasteiger partial charge in [0.25, 0.3) is 0 Å². The molecule has 2 aromatic rings. The van der Waals surface area contributed by atoms with E-state index in [4.69, 9.17) is 4.74 Å². The van der Waals surface area contributed by atoms with E-state index >= 15 is 0 Å². The summed E-state index contributed by atoms with van der Waals surface area (Å²) in [4.78, 5) is 31.0. The molecule has 7 heteroatoms. The topological polar surface area (TPSA) is 65.1 Å². The van der Waals surface area contributed by atoms with Crippen molar-refractivity contribution in [2.75, 3.05) is 49.6 Å². The zero-order valence-corrected chi connectivity index (χ0v) is 16.6. The van der Waals surface area contributed by atoms with E-state index in [-0.39, 0.29) is 18.0 Å². The van der Waals surface area contributed by atoms with Crippen molar-refractivity contribution >= 4 is 23.3 Å². The Morgan fingerprint density at radius 2 is 1.72 bits per heavy atom. The number of benzene rings is 2. The lowest BCUT2D eigenvalue weighted by molar-refractivity contribution is -0.117. The summed E-state index contributed by atoms with van der Waals surface area (Å²) in [6, 6.07) is 17.4. The minimum absolute atomic E-state index is 0.0115. The number of piperazine rings is 1. The Balaban J connectivity index is 1.31. The summed E-state index contributed by atoms with van der Waals surface area (Å²) in [6.07, 6.45) is 0.312. The molecule has 2 aliphatic heterocycles. The van der Waals surface area contributed by atoms with Crippen molar-refractivity contribution in [2.45, 2.75) is 12.5 Å². The number of nitrogens with one attached hydrogen (secondary N) is 1.